The Bertz CT molecular complexity index is 567. The maximum atomic E-state index is 13.7. The minimum absolute atomic E-state index is 0.0888. The molecule has 0 N–H and O–H groups in total. The molecule has 1 aliphatic rings. The van der Waals surface area contributed by atoms with Crippen LogP contribution in [0.1, 0.15) is 24.0 Å². The highest BCUT2D eigenvalue weighted by Crippen LogP contribution is 2.30. The lowest BCUT2D eigenvalue weighted by Crippen LogP contribution is -2.02. The number of fused-ring (bicyclic) bond motifs is 1. The normalized spacial score (nSPS) is 14.3. The van der Waals surface area contributed by atoms with Gasteiger partial charge in [-0.25, -0.2) is 8.78 Å². The van der Waals surface area contributed by atoms with Gasteiger partial charge in [0.2, 0.25) is 0 Å². The Morgan fingerprint density at radius 1 is 0.778 bits per heavy atom. The molecule has 0 bridgehead atoms. The summed E-state index contributed by atoms with van der Waals surface area (Å²) < 4.78 is 27.5. The van der Waals surface area contributed by atoms with Crippen molar-refractivity contribution in [2.24, 2.45) is 0 Å². The Hall–Kier alpha value is -1.70. The van der Waals surface area contributed by atoms with Gasteiger partial charge in [0.05, 0.1) is 5.56 Å². The van der Waals surface area contributed by atoms with Crippen molar-refractivity contribution >= 4 is 0 Å². The molecule has 2 heteroatoms. The first-order chi connectivity index (χ1) is 8.75. The van der Waals surface area contributed by atoms with Crippen LogP contribution in [-0.4, -0.2) is 0 Å². The maximum absolute atomic E-state index is 13.7. The van der Waals surface area contributed by atoms with Crippen molar-refractivity contribution in [1.82, 2.24) is 0 Å². The minimum Gasteiger partial charge on any atom is -0.206 e. The van der Waals surface area contributed by atoms with Gasteiger partial charge >= 0.3 is 0 Å². The predicted octanol–water partition coefficient (Wildman–Crippen LogP) is 4.51. The molecule has 3 rings (SSSR count). The fourth-order valence-electron chi connectivity index (χ4n) is 2.66. The van der Waals surface area contributed by atoms with Crippen LogP contribution < -0.4 is 0 Å². The minimum atomic E-state index is -0.495. The fraction of sp³-hybridized carbons (Fsp3) is 0.250. The lowest BCUT2D eigenvalue weighted by molar-refractivity contribution is 0.589. The van der Waals surface area contributed by atoms with E-state index < -0.39 is 11.6 Å². The maximum Gasteiger partial charge on any atom is 0.133 e. The summed E-state index contributed by atoms with van der Waals surface area (Å²) in [4.78, 5) is 0. The van der Waals surface area contributed by atoms with Crippen LogP contribution in [0.25, 0.3) is 11.1 Å². The zero-order valence-corrected chi connectivity index (χ0v) is 10.0. The lowest BCUT2D eigenvalue weighted by atomic mass is 9.89. The fourth-order valence-corrected chi connectivity index (χ4v) is 2.66. The van der Waals surface area contributed by atoms with Gasteiger partial charge in [0, 0.05) is 0 Å². The van der Waals surface area contributed by atoms with E-state index in [-0.39, 0.29) is 5.56 Å². The summed E-state index contributed by atoms with van der Waals surface area (Å²) in [6, 6.07) is 9.78. The Balaban J connectivity index is 2.12. The molecule has 0 amide bonds. The highest BCUT2D eigenvalue weighted by Gasteiger charge is 2.14. The molecule has 0 saturated heterocycles. The number of hydrogen-bond donors (Lipinski definition) is 0. The van der Waals surface area contributed by atoms with Crippen LogP contribution in [-0.2, 0) is 12.8 Å². The van der Waals surface area contributed by atoms with E-state index in [1.165, 1.54) is 35.7 Å². The van der Waals surface area contributed by atoms with Crippen LogP contribution in [0, 0.1) is 11.6 Å². The van der Waals surface area contributed by atoms with E-state index in [4.69, 9.17) is 0 Å². The Morgan fingerprint density at radius 3 is 2.17 bits per heavy atom. The summed E-state index contributed by atoms with van der Waals surface area (Å²) in [6.07, 6.45) is 4.46. The van der Waals surface area contributed by atoms with Gasteiger partial charge in [-0.05, 0) is 54.5 Å². The zero-order valence-electron chi connectivity index (χ0n) is 10.0. The van der Waals surface area contributed by atoms with Crippen molar-refractivity contribution in [3.05, 3.63) is 59.2 Å². The van der Waals surface area contributed by atoms with Gasteiger partial charge in [-0.3, -0.25) is 0 Å². The molecule has 0 spiro atoms. The number of hydrogen-bond acceptors (Lipinski definition) is 0. The number of benzene rings is 2. The highest BCUT2D eigenvalue weighted by atomic mass is 19.1. The molecule has 2 aromatic rings. The Labute approximate surface area is 105 Å². The molecule has 0 fully saturated rings. The largest absolute Gasteiger partial charge is 0.206 e. The first kappa shape index (κ1) is 11.4. The summed E-state index contributed by atoms with van der Waals surface area (Å²) in [6.45, 7) is 0. The van der Waals surface area contributed by atoms with Gasteiger partial charge in [-0.2, -0.15) is 0 Å². The van der Waals surface area contributed by atoms with E-state index in [1.807, 2.05) is 18.2 Å². The summed E-state index contributed by atoms with van der Waals surface area (Å²) in [5, 5.41) is 0. The van der Waals surface area contributed by atoms with Crippen LogP contribution in [0.15, 0.2) is 36.4 Å². The second kappa shape index (κ2) is 4.52. The van der Waals surface area contributed by atoms with E-state index in [0.29, 0.717) is 5.56 Å². The van der Waals surface area contributed by atoms with Gasteiger partial charge in [-0.15, -0.1) is 0 Å². The van der Waals surface area contributed by atoms with Crippen LogP contribution in [0.5, 0.6) is 0 Å². The van der Waals surface area contributed by atoms with E-state index in [9.17, 15) is 8.78 Å². The van der Waals surface area contributed by atoms with Crippen molar-refractivity contribution in [2.45, 2.75) is 25.7 Å². The third kappa shape index (κ3) is 1.92. The molecule has 1 aliphatic carbocycles. The van der Waals surface area contributed by atoms with Gasteiger partial charge in [0.25, 0.3) is 0 Å². The van der Waals surface area contributed by atoms with Crippen LogP contribution in [0.4, 0.5) is 8.78 Å². The van der Waals surface area contributed by atoms with Crippen LogP contribution in [0.2, 0.25) is 0 Å². The van der Waals surface area contributed by atoms with Crippen LogP contribution >= 0.6 is 0 Å². The SMILES string of the molecule is Fc1cccc(F)c1-c1ccc2c(c1)CCCC2. The molecule has 0 nitrogen and oxygen atoms in total. The highest BCUT2D eigenvalue weighted by molar-refractivity contribution is 5.66. The monoisotopic (exact) mass is 244 g/mol. The molecule has 0 aliphatic heterocycles. The van der Waals surface area contributed by atoms with Crippen molar-refractivity contribution < 1.29 is 8.78 Å². The predicted molar refractivity (Wildman–Crippen MR) is 68.4 cm³/mol. The van der Waals surface area contributed by atoms with Crippen LogP contribution in [0.3, 0.4) is 0 Å². The third-order valence-corrected chi connectivity index (χ3v) is 3.60. The topological polar surface area (TPSA) is 0 Å². The molecule has 0 atom stereocenters. The lowest BCUT2D eigenvalue weighted by Gasteiger charge is -2.17. The molecule has 0 unspecified atom stereocenters. The first-order valence-electron chi connectivity index (χ1n) is 6.32. The second-order valence-corrected chi connectivity index (χ2v) is 4.79. The summed E-state index contributed by atoms with van der Waals surface area (Å²) in [7, 11) is 0. The smallest absolute Gasteiger partial charge is 0.133 e. The molecule has 2 aromatic carbocycles. The average Bonchev–Trinajstić information content (AvgIpc) is 2.38. The summed E-state index contributed by atoms with van der Waals surface area (Å²) >= 11 is 0. The third-order valence-electron chi connectivity index (χ3n) is 3.60. The van der Waals surface area contributed by atoms with Gasteiger partial charge < -0.3 is 0 Å². The quantitative estimate of drug-likeness (QED) is 0.692. The summed E-state index contributed by atoms with van der Waals surface area (Å²) in [5.74, 6) is -0.989. The molecule has 0 aromatic heterocycles. The van der Waals surface area contributed by atoms with E-state index >= 15 is 0 Å². The van der Waals surface area contributed by atoms with E-state index in [0.717, 1.165) is 19.3 Å². The first-order valence-corrected chi connectivity index (χ1v) is 6.32. The van der Waals surface area contributed by atoms with Gasteiger partial charge in [0.1, 0.15) is 11.6 Å². The number of aryl methyl sites for hydroxylation is 2. The van der Waals surface area contributed by atoms with Gasteiger partial charge in [-0.1, -0.05) is 24.3 Å². The average molecular weight is 244 g/mol. The van der Waals surface area contributed by atoms with E-state index in [2.05, 4.69) is 0 Å². The number of rotatable bonds is 1. The molecule has 0 saturated carbocycles. The van der Waals surface area contributed by atoms with E-state index in [1.54, 1.807) is 0 Å². The Morgan fingerprint density at radius 2 is 1.44 bits per heavy atom. The molecule has 92 valence electrons. The number of halogens is 2. The molecule has 0 radical (unpaired) electrons. The molecular formula is C16H14F2. The standard InChI is InChI=1S/C16H14F2/c17-14-6-3-7-15(18)16(14)13-9-8-11-4-1-2-5-12(11)10-13/h3,6-10H,1-2,4-5H2. The molecule has 0 heterocycles. The molecule has 18 heavy (non-hydrogen) atoms. The van der Waals surface area contributed by atoms with Crippen molar-refractivity contribution in [2.75, 3.05) is 0 Å². The zero-order chi connectivity index (χ0) is 12.5. The van der Waals surface area contributed by atoms with Crippen molar-refractivity contribution in [1.29, 1.82) is 0 Å². The Kier molecular flexibility index (Phi) is 2.86. The van der Waals surface area contributed by atoms with Gasteiger partial charge in [0.15, 0.2) is 0 Å². The van der Waals surface area contributed by atoms with Crippen molar-refractivity contribution in [3.8, 4) is 11.1 Å². The molecular weight excluding hydrogens is 230 g/mol. The summed E-state index contributed by atoms with van der Waals surface area (Å²) in [5.41, 5.74) is 3.29. The second-order valence-electron chi connectivity index (χ2n) is 4.79. The van der Waals surface area contributed by atoms with Crippen molar-refractivity contribution in [3.63, 3.8) is 0 Å².